The number of hydrogen-bond donors (Lipinski definition) is 1. The van der Waals surface area contributed by atoms with Gasteiger partial charge in [0.25, 0.3) is 0 Å². The topological polar surface area (TPSA) is 89.9 Å². The van der Waals surface area contributed by atoms with Crippen LogP contribution in [0, 0.1) is 0 Å². The van der Waals surface area contributed by atoms with Crippen LogP contribution in [0.4, 0.5) is 0 Å². The fourth-order valence-electron chi connectivity index (χ4n) is 2.51. The number of carbonyl (C=O) groups excluding carboxylic acids is 2. The maximum Gasteiger partial charge on any atom is 0.232 e. The molecule has 0 aliphatic carbocycles. The van der Waals surface area contributed by atoms with Crippen molar-refractivity contribution in [3.05, 3.63) is 11.8 Å². The van der Waals surface area contributed by atoms with Crippen molar-refractivity contribution < 1.29 is 24.5 Å². The minimum Gasteiger partial charge on any atom is -0.547 e. The number of β-lactam (4-membered cyclic amide) rings is 1. The Kier molecular flexibility index (Phi) is 2.82. The van der Waals surface area contributed by atoms with Crippen molar-refractivity contribution in [1.29, 1.82) is 0 Å². The Balaban J connectivity index is 2.45. The summed E-state index contributed by atoms with van der Waals surface area (Å²) in [4.78, 5) is 24.2. The summed E-state index contributed by atoms with van der Waals surface area (Å²) in [6.07, 6.45) is 1.74. The zero-order valence-corrected chi connectivity index (χ0v) is 9.51. The lowest BCUT2D eigenvalue weighted by Crippen LogP contribution is -2.65. The maximum atomic E-state index is 11.5. The largest absolute Gasteiger partial charge is 0.547 e. The van der Waals surface area contributed by atoms with E-state index in [0.717, 1.165) is 0 Å². The zero-order chi connectivity index (χ0) is 12.6. The first-order chi connectivity index (χ1) is 8.07. The molecule has 2 saturated heterocycles. The van der Waals surface area contributed by atoms with Gasteiger partial charge in [0.05, 0.1) is 19.0 Å². The van der Waals surface area contributed by atoms with Gasteiger partial charge in [0, 0.05) is 0 Å². The second-order valence-corrected chi connectivity index (χ2v) is 4.19. The van der Waals surface area contributed by atoms with Crippen molar-refractivity contribution in [3.63, 3.8) is 0 Å². The Morgan fingerprint density at radius 1 is 1.76 bits per heavy atom. The summed E-state index contributed by atoms with van der Waals surface area (Å²) in [6.45, 7) is 1.49. The van der Waals surface area contributed by atoms with Crippen molar-refractivity contribution in [3.8, 4) is 0 Å². The number of fused-ring (bicyclic) bond motifs is 1. The van der Waals surface area contributed by atoms with E-state index in [1.807, 2.05) is 6.92 Å². The van der Waals surface area contributed by atoms with Crippen LogP contribution in [-0.4, -0.2) is 40.3 Å². The van der Waals surface area contributed by atoms with E-state index in [-0.39, 0.29) is 31.1 Å². The van der Waals surface area contributed by atoms with Crippen molar-refractivity contribution in [2.75, 3.05) is 6.61 Å². The van der Waals surface area contributed by atoms with Crippen molar-refractivity contribution in [2.45, 2.75) is 38.0 Å². The molecule has 1 unspecified atom stereocenters. The lowest BCUT2D eigenvalue weighted by Gasteiger charge is -2.43. The third-order valence-corrected chi connectivity index (χ3v) is 3.21. The van der Waals surface area contributed by atoms with Gasteiger partial charge in [-0.1, -0.05) is 13.3 Å². The molecule has 0 aromatic heterocycles. The Hall–Kier alpha value is -1.56. The van der Waals surface area contributed by atoms with Crippen LogP contribution in [0.15, 0.2) is 11.8 Å². The molecule has 17 heavy (non-hydrogen) atoms. The molecule has 2 rings (SSSR count). The van der Waals surface area contributed by atoms with Crippen LogP contribution in [0.2, 0.25) is 0 Å². The number of rotatable bonds is 4. The van der Waals surface area contributed by atoms with Crippen LogP contribution in [0.3, 0.4) is 0 Å². The highest BCUT2D eigenvalue weighted by Gasteiger charge is 2.60. The van der Waals surface area contributed by atoms with Crippen molar-refractivity contribution in [2.24, 2.45) is 0 Å². The molecule has 94 valence electrons. The van der Waals surface area contributed by atoms with Gasteiger partial charge in [0.1, 0.15) is 11.3 Å². The quantitative estimate of drug-likeness (QED) is 0.619. The van der Waals surface area contributed by atoms with Crippen LogP contribution in [0.5, 0.6) is 0 Å². The SMILES string of the molecule is CCCC1(C(=O)[O-])/C(=C\CO)O[C@@H]2CC(=O)N21. The maximum absolute atomic E-state index is 11.5. The number of carboxylic acids is 1. The van der Waals surface area contributed by atoms with E-state index < -0.39 is 17.7 Å². The number of carboxylic acid groups (broad SMARTS) is 1. The molecular weight excluding hydrogens is 226 g/mol. The van der Waals surface area contributed by atoms with Gasteiger partial charge in [0.2, 0.25) is 5.91 Å². The van der Waals surface area contributed by atoms with Crippen LogP contribution in [0.25, 0.3) is 0 Å². The fourth-order valence-corrected chi connectivity index (χ4v) is 2.51. The number of aliphatic hydroxyl groups is 1. The molecule has 2 fully saturated rings. The van der Waals surface area contributed by atoms with Gasteiger partial charge in [0.15, 0.2) is 6.23 Å². The van der Waals surface area contributed by atoms with Gasteiger partial charge in [-0.25, -0.2) is 0 Å². The molecule has 0 aromatic carbocycles. The van der Waals surface area contributed by atoms with E-state index >= 15 is 0 Å². The molecule has 0 saturated carbocycles. The van der Waals surface area contributed by atoms with Crippen molar-refractivity contribution >= 4 is 11.9 Å². The number of aliphatic carboxylic acids is 1. The predicted octanol–water partition coefficient (Wildman–Crippen LogP) is -1.26. The number of aliphatic hydroxyl groups excluding tert-OH is 1. The first-order valence-electron chi connectivity index (χ1n) is 5.59. The van der Waals surface area contributed by atoms with Gasteiger partial charge >= 0.3 is 0 Å². The summed E-state index contributed by atoms with van der Waals surface area (Å²) in [5.41, 5.74) is -1.53. The molecule has 2 aliphatic rings. The van der Waals surface area contributed by atoms with Gasteiger partial charge in [-0.3, -0.25) is 9.69 Å². The normalized spacial score (nSPS) is 33.3. The van der Waals surface area contributed by atoms with Gasteiger partial charge in [-0.15, -0.1) is 0 Å². The van der Waals surface area contributed by atoms with Crippen LogP contribution >= 0.6 is 0 Å². The molecule has 2 heterocycles. The highest BCUT2D eigenvalue weighted by Crippen LogP contribution is 2.46. The molecule has 6 nitrogen and oxygen atoms in total. The van der Waals surface area contributed by atoms with E-state index in [9.17, 15) is 14.7 Å². The average molecular weight is 240 g/mol. The van der Waals surface area contributed by atoms with Gasteiger partial charge < -0.3 is 19.7 Å². The summed E-state index contributed by atoms with van der Waals surface area (Å²) in [5.74, 6) is -1.48. The summed E-state index contributed by atoms with van der Waals surface area (Å²) in [6, 6.07) is 0. The predicted molar refractivity (Wildman–Crippen MR) is 54.2 cm³/mol. The van der Waals surface area contributed by atoms with E-state index in [1.54, 1.807) is 0 Å². The molecule has 1 N–H and O–H groups in total. The molecule has 2 aliphatic heterocycles. The second-order valence-electron chi connectivity index (χ2n) is 4.19. The number of amides is 1. The third-order valence-electron chi connectivity index (χ3n) is 3.21. The first kappa shape index (κ1) is 11.9. The van der Waals surface area contributed by atoms with E-state index in [1.165, 1.54) is 11.0 Å². The molecular formula is C11H14NO5-. The fraction of sp³-hybridized carbons (Fsp3) is 0.636. The average Bonchev–Trinajstić information content (AvgIpc) is 2.49. The molecule has 0 aromatic rings. The van der Waals surface area contributed by atoms with Crippen LogP contribution in [-0.2, 0) is 14.3 Å². The second kappa shape index (κ2) is 4.03. The minimum absolute atomic E-state index is 0.123. The first-order valence-corrected chi connectivity index (χ1v) is 5.59. The van der Waals surface area contributed by atoms with E-state index in [4.69, 9.17) is 9.84 Å². The highest BCUT2D eigenvalue weighted by atomic mass is 16.5. The molecule has 0 radical (unpaired) electrons. The lowest BCUT2D eigenvalue weighted by atomic mass is 9.87. The number of hydrogen-bond acceptors (Lipinski definition) is 5. The number of carbonyl (C=O) groups is 2. The summed E-state index contributed by atoms with van der Waals surface area (Å²) in [7, 11) is 0. The molecule has 2 atom stereocenters. The van der Waals surface area contributed by atoms with Crippen LogP contribution in [0.1, 0.15) is 26.2 Å². The van der Waals surface area contributed by atoms with E-state index in [2.05, 4.69) is 0 Å². The molecule has 6 heteroatoms. The Labute approximate surface area is 98.5 Å². The number of ether oxygens (including phenoxy) is 1. The van der Waals surface area contributed by atoms with E-state index in [0.29, 0.717) is 6.42 Å². The Morgan fingerprint density at radius 2 is 2.47 bits per heavy atom. The third kappa shape index (κ3) is 1.44. The summed E-state index contributed by atoms with van der Waals surface area (Å²) < 4.78 is 5.39. The summed E-state index contributed by atoms with van der Waals surface area (Å²) in [5, 5.41) is 20.3. The standard InChI is InChI=1S/C11H15NO5/c1-2-4-11(10(15)16)7(3-5-13)17-9-6-8(14)12(9)11/h3,9,13H,2,4-6H2,1H3,(H,15,16)/p-1/b7-3+/t9-,11?/m1/s1. The number of nitrogens with zero attached hydrogens (tertiary/aromatic N) is 1. The van der Waals surface area contributed by atoms with Gasteiger partial charge in [-0.05, 0) is 12.5 Å². The van der Waals surface area contributed by atoms with Crippen LogP contribution < -0.4 is 5.11 Å². The molecule has 0 spiro atoms. The monoisotopic (exact) mass is 240 g/mol. The van der Waals surface area contributed by atoms with Crippen molar-refractivity contribution in [1.82, 2.24) is 4.90 Å². The highest BCUT2D eigenvalue weighted by molar-refractivity contribution is 5.93. The lowest BCUT2D eigenvalue weighted by molar-refractivity contribution is -0.317. The minimum atomic E-state index is -1.53. The molecule has 0 bridgehead atoms. The molecule has 1 amide bonds. The Morgan fingerprint density at radius 3 is 2.94 bits per heavy atom. The zero-order valence-electron chi connectivity index (χ0n) is 9.51. The summed E-state index contributed by atoms with van der Waals surface area (Å²) >= 11 is 0. The Bertz CT molecular complexity index is 391. The smallest absolute Gasteiger partial charge is 0.232 e. The van der Waals surface area contributed by atoms with Gasteiger partial charge in [-0.2, -0.15) is 0 Å².